The molecule has 0 saturated carbocycles. The van der Waals surface area contributed by atoms with Crippen LogP contribution < -0.4 is 4.74 Å². The maximum atomic E-state index is 14.5. The number of aliphatic carboxylic acids is 1. The number of carbonyl (C=O) groups is 1. The van der Waals surface area contributed by atoms with Gasteiger partial charge in [0.25, 0.3) is 0 Å². The summed E-state index contributed by atoms with van der Waals surface area (Å²) in [6, 6.07) is 9.63. The zero-order chi connectivity index (χ0) is 14.7. The maximum absolute atomic E-state index is 14.5. The van der Waals surface area contributed by atoms with Crippen LogP contribution in [0.1, 0.15) is 5.56 Å². The Morgan fingerprint density at radius 3 is 2.70 bits per heavy atom. The van der Waals surface area contributed by atoms with Crippen molar-refractivity contribution in [2.24, 2.45) is 0 Å². The Labute approximate surface area is 120 Å². The third-order valence-corrected chi connectivity index (χ3v) is 3.09. The number of benzene rings is 2. The fourth-order valence-electron chi connectivity index (χ4n) is 1.98. The molecule has 0 heterocycles. The molecule has 1 N–H and O–H groups in total. The minimum absolute atomic E-state index is 0.105. The first-order valence-corrected chi connectivity index (χ1v) is 6.24. The second kappa shape index (κ2) is 5.92. The molecule has 2 rings (SSSR count). The van der Waals surface area contributed by atoms with E-state index in [0.29, 0.717) is 16.3 Å². The Morgan fingerprint density at radius 1 is 1.35 bits per heavy atom. The summed E-state index contributed by atoms with van der Waals surface area (Å²) in [5.74, 6) is -1.36. The van der Waals surface area contributed by atoms with Gasteiger partial charge in [-0.25, -0.2) is 4.39 Å². The van der Waals surface area contributed by atoms with Gasteiger partial charge in [0.05, 0.1) is 19.1 Å². The van der Waals surface area contributed by atoms with E-state index < -0.39 is 11.8 Å². The van der Waals surface area contributed by atoms with Gasteiger partial charge in [-0.3, -0.25) is 4.79 Å². The lowest BCUT2D eigenvalue weighted by atomic mass is 9.99. The number of halogens is 2. The van der Waals surface area contributed by atoms with Gasteiger partial charge in [0.2, 0.25) is 0 Å². The van der Waals surface area contributed by atoms with Gasteiger partial charge in [-0.2, -0.15) is 0 Å². The standard InChI is InChI=1S/C15H12ClFO3/c1-20-12-6-5-10(8-13(18)19)15(17)14(12)9-3-2-4-11(16)7-9/h2-7H,8H2,1H3,(H,18,19). The summed E-state index contributed by atoms with van der Waals surface area (Å²) in [6.45, 7) is 0. The molecule has 0 aromatic heterocycles. The van der Waals surface area contributed by atoms with E-state index in [0.717, 1.165) is 0 Å². The Kier molecular flexibility index (Phi) is 4.25. The molecule has 0 saturated heterocycles. The second-order valence-corrected chi connectivity index (χ2v) is 4.63. The number of rotatable bonds is 4. The molecule has 2 aromatic rings. The van der Waals surface area contributed by atoms with Crippen LogP contribution in [-0.2, 0) is 11.2 Å². The van der Waals surface area contributed by atoms with Gasteiger partial charge in [-0.05, 0) is 29.3 Å². The molecule has 0 fully saturated rings. The summed E-state index contributed by atoms with van der Waals surface area (Å²) in [5, 5.41) is 9.27. The molecule has 0 aliphatic rings. The number of methoxy groups -OCH3 is 1. The Hall–Kier alpha value is -2.07. The van der Waals surface area contributed by atoms with Crippen molar-refractivity contribution in [1.82, 2.24) is 0 Å². The lowest BCUT2D eigenvalue weighted by Gasteiger charge is -2.12. The van der Waals surface area contributed by atoms with E-state index in [1.165, 1.54) is 13.2 Å². The number of hydrogen-bond donors (Lipinski definition) is 1. The van der Waals surface area contributed by atoms with Crippen molar-refractivity contribution in [3.05, 3.63) is 52.8 Å². The molecule has 0 radical (unpaired) electrons. The average molecular weight is 295 g/mol. The lowest BCUT2D eigenvalue weighted by molar-refractivity contribution is -0.136. The molecular formula is C15H12ClFO3. The second-order valence-electron chi connectivity index (χ2n) is 4.20. The van der Waals surface area contributed by atoms with E-state index in [1.807, 2.05) is 0 Å². The summed E-state index contributed by atoms with van der Waals surface area (Å²) in [4.78, 5) is 10.8. The highest BCUT2D eigenvalue weighted by Gasteiger charge is 2.17. The van der Waals surface area contributed by atoms with E-state index in [2.05, 4.69) is 0 Å². The minimum atomic E-state index is -1.09. The largest absolute Gasteiger partial charge is 0.496 e. The van der Waals surface area contributed by atoms with Crippen molar-refractivity contribution in [3.8, 4) is 16.9 Å². The lowest BCUT2D eigenvalue weighted by Crippen LogP contribution is -2.04. The van der Waals surface area contributed by atoms with E-state index in [-0.39, 0.29) is 17.5 Å². The van der Waals surface area contributed by atoms with Crippen LogP contribution in [0.3, 0.4) is 0 Å². The minimum Gasteiger partial charge on any atom is -0.496 e. The molecule has 2 aromatic carbocycles. The van der Waals surface area contributed by atoms with Gasteiger partial charge in [0, 0.05) is 5.02 Å². The van der Waals surface area contributed by atoms with Gasteiger partial charge in [0.1, 0.15) is 11.6 Å². The normalized spacial score (nSPS) is 10.3. The van der Waals surface area contributed by atoms with Crippen LogP contribution in [0.25, 0.3) is 11.1 Å². The average Bonchev–Trinajstić information content (AvgIpc) is 2.40. The molecule has 5 heteroatoms. The van der Waals surface area contributed by atoms with Gasteiger partial charge in [-0.15, -0.1) is 0 Å². The summed E-state index contributed by atoms with van der Waals surface area (Å²) < 4.78 is 19.7. The SMILES string of the molecule is COc1ccc(CC(=O)O)c(F)c1-c1cccc(Cl)c1. The first-order chi connectivity index (χ1) is 9.52. The molecule has 0 aliphatic carbocycles. The van der Waals surface area contributed by atoms with Crippen molar-refractivity contribution < 1.29 is 19.0 Å². The Bertz CT molecular complexity index is 656. The number of hydrogen-bond acceptors (Lipinski definition) is 2. The molecule has 20 heavy (non-hydrogen) atoms. The van der Waals surface area contributed by atoms with E-state index >= 15 is 0 Å². The summed E-state index contributed by atoms with van der Waals surface area (Å²) >= 11 is 5.91. The van der Waals surface area contributed by atoms with Crippen LogP contribution in [0, 0.1) is 5.82 Å². The first-order valence-electron chi connectivity index (χ1n) is 5.86. The molecule has 0 spiro atoms. The van der Waals surface area contributed by atoms with Crippen LogP contribution in [-0.4, -0.2) is 18.2 Å². The molecule has 0 amide bonds. The third-order valence-electron chi connectivity index (χ3n) is 2.86. The molecule has 104 valence electrons. The van der Waals surface area contributed by atoms with Crippen LogP contribution in [0.2, 0.25) is 5.02 Å². The highest BCUT2D eigenvalue weighted by Crippen LogP contribution is 2.35. The van der Waals surface area contributed by atoms with E-state index in [9.17, 15) is 9.18 Å². The molecule has 0 unspecified atom stereocenters. The van der Waals surface area contributed by atoms with Crippen molar-refractivity contribution in [3.63, 3.8) is 0 Å². The number of carboxylic acid groups (broad SMARTS) is 1. The Balaban J connectivity index is 2.62. The topological polar surface area (TPSA) is 46.5 Å². The fraction of sp³-hybridized carbons (Fsp3) is 0.133. The van der Waals surface area contributed by atoms with Crippen LogP contribution >= 0.6 is 11.6 Å². The summed E-state index contributed by atoms with van der Waals surface area (Å²) in [5.41, 5.74) is 0.862. The molecule has 3 nitrogen and oxygen atoms in total. The van der Waals surface area contributed by atoms with Crippen molar-refractivity contribution >= 4 is 17.6 Å². The molecule has 0 bridgehead atoms. The first kappa shape index (κ1) is 14.3. The molecular weight excluding hydrogens is 283 g/mol. The van der Waals surface area contributed by atoms with Gasteiger partial charge in [0.15, 0.2) is 0 Å². The third kappa shape index (κ3) is 2.91. The van der Waals surface area contributed by atoms with Gasteiger partial charge in [-0.1, -0.05) is 29.8 Å². The van der Waals surface area contributed by atoms with Crippen molar-refractivity contribution in [2.75, 3.05) is 7.11 Å². The van der Waals surface area contributed by atoms with Crippen molar-refractivity contribution in [1.29, 1.82) is 0 Å². The van der Waals surface area contributed by atoms with Crippen LogP contribution in [0.5, 0.6) is 5.75 Å². The highest BCUT2D eigenvalue weighted by atomic mass is 35.5. The van der Waals surface area contributed by atoms with E-state index in [1.54, 1.807) is 30.3 Å². The van der Waals surface area contributed by atoms with Crippen LogP contribution in [0.15, 0.2) is 36.4 Å². The van der Waals surface area contributed by atoms with Gasteiger partial charge >= 0.3 is 5.97 Å². The van der Waals surface area contributed by atoms with Crippen molar-refractivity contribution in [2.45, 2.75) is 6.42 Å². The maximum Gasteiger partial charge on any atom is 0.307 e. The highest BCUT2D eigenvalue weighted by molar-refractivity contribution is 6.30. The summed E-state index contributed by atoms with van der Waals surface area (Å²) in [6.07, 6.45) is -0.386. The fourth-order valence-corrected chi connectivity index (χ4v) is 2.17. The number of carboxylic acids is 1. The summed E-state index contributed by atoms with van der Waals surface area (Å²) in [7, 11) is 1.43. The zero-order valence-corrected chi connectivity index (χ0v) is 11.4. The number of ether oxygens (including phenoxy) is 1. The van der Waals surface area contributed by atoms with Crippen LogP contribution in [0.4, 0.5) is 4.39 Å². The molecule has 0 atom stereocenters. The monoisotopic (exact) mass is 294 g/mol. The zero-order valence-electron chi connectivity index (χ0n) is 10.7. The van der Waals surface area contributed by atoms with E-state index in [4.69, 9.17) is 21.4 Å². The van der Waals surface area contributed by atoms with Gasteiger partial charge < -0.3 is 9.84 Å². The smallest absolute Gasteiger partial charge is 0.307 e. The predicted molar refractivity (Wildman–Crippen MR) is 74.7 cm³/mol. The quantitative estimate of drug-likeness (QED) is 0.933. The predicted octanol–water partition coefficient (Wildman–Crippen LogP) is 3.78. The molecule has 0 aliphatic heterocycles. The Morgan fingerprint density at radius 2 is 2.10 bits per heavy atom.